The molecule has 1 aliphatic heterocycles. The molecule has 3 heterocycles. The van der Waals surface area contributed by atoms with Gasteiger partial charge in [-0.3, -0.25) is 4.79 Å². The zero-order chi connectivity index (χ0) is 23.6. The van der Waals surface area contributed by atoms with Crippen molar-refractivity contribution in [2.45, 2.75) is 51.7 Å². The highest BCUT2D eigenvalue weighted by molar-refractivity contribution is 5.98. The average molecular weight is 458 g/mol. The summed E-state index contributed by atoms with van der Waals surface area (Å²) in [6, 6.07) is 5.52. The highest BCUT2D eigenvalue weighted by atomic mass is 19.4. The van der Waals surface area contributed by atoms with Gasteiger partial charge in [-0.2, -0.15) is 28.2 Å². The molecule has 0 bridgehead atoms. The minimum Gasteiger partial charge on any atom is -0.335 e. The molecule has 1 saturated heterocycles. The lowest BCUT2D eigenvalue weighted by atomic mass is 9.87. The summed E-state index contributed by atoms with van der Waals surface area (Å²) >= 11 is 0. The van der Waals surface area contributed by atoms with E-state index in [1.54, 1.807) is 12.4 Å². The van der Waals surface area contributed by atoms with Crippen molar-refractivity contribution in [1.29, 1.82) is 0 Å². The van der Waals surface area contributed by atoms with E-state index < -0.39 is 11.7 Å². The van der Waals surface area contributed by atoms with Crippen molar-refractivity contribution >= 4 is 5.91 Å². The van der Waals surface area contributed by atoms with Gasteiger partial charge >= 0.3 is 6.18 Å². The van der Waals surface area contributed by atoms with Crippen LogP contribution in [0, 0.1) is 12.8 Å². The summed E-state index contributed by atoms with van der Waals surface area (Å²) < 4.78 is 38.3. The van der Waals surface area contributed by atoms with Gasteiger partial charge in [0.2, 0.25) is 0 Å². The summed E-state index contributed by atoms with van der Waals surface area (Å²) in [5, 5.41) is 8.35. The van der Waals surface area contributed by atoms with Crippen LogP contribution in [0.3, 0.4) is 0 Å². The number of amides is 1. The number of hydrogen-bond acceptors (Lipinski definition) is 5. The minimum absolute atomic E-state index is 0.0731. The van der Waals surface area contributed by atoms with Gasteiger partial charge in [0.1, 0.15) is 5.82 Å². The Kier molecular flexibility index (Phi) is 6.44. The van der Waals surface area contributed by atoms with E-state index in [0.717, 1.165) is 30.8 Å². The number of benzene rings is 1. The molecule has 2 atom stereocenters. The Balaban J connectivity index is 1.55. The summed E-state index contributed by atoms with van der Waals surface area (Å²) in [6.45, 7) is 4.64. The first kappa shape index (κ1) is 22.9. The molecule has 1 fully saturated rings. The second-order valence-electron chi connectivity index (χ2n) is 8.45. The van der Waals surface area contributed by atoms with Crippen LogP contribution >= 0.6 is 0 Å². The number of alkyl halides is 3. The lowest BCUT2D eigenvalue weighted by Gasteiger charge is -2.40. The van der Waals surface area contributed by atoms with Crippen molar-refractivity contribution < 1.29 is 18.0 Å². The maximum Gasteiger partial charge on any atom is 0.419 e. The smallest absolute Gasteiger partial charge is 0.335 e. The summed E-state index contributed by atoms with van der Waals surface area (Å²) in [6.07, 6.45) is 3.10. The quantitative estimate of drug-likeness (QED) is 0.571. The van der Waals surface area contributed by atoms with Crippen LogP contribution in [0.25, 0.3) is 5.69 Å². The molecule has 174 valence electrons. The fraction of sp³-hybridized carbons (Fsp3) is 0.435. The van der Waals surface area contributed by atoms with Crippen LogP contribution in [0.1, 0.15) is 53.5 Å². The SMILES string of the molecule is Cc1ccc(-n2nccn2)c(C(=O)N2CCC[C@@H](C)[C@H]2CCc2ncc(C(F)(F)F)cn2)c1. The molecule has 33 heavy (non-hydrogen) atoms. The van der Waals surface area contributed by atoms with E-state index in [-0.39, 0.29) is 17.9 Å². The Hall–Kier alpha value is -3.30. The molecule has 1 aliphatic rings. The number of aryl methyl sites for hydroxylation is 2. The molecule has 7 nitrogen and oxygen atoms in total. The van der Waals surface area contributed by atoms with Gasteiger partial charge in [-0.1, -0.05) is 18.6 Å². The van der Waals surface area contributed by atoms with Crippen LogP contribution in [0.4, 0.5) is 13.2 Å². The van der Waals surface area contributed by atoms with E-state index in [1.165, 1.54) is 4.80 Å². The first-order chi connectivity index (χ1) is 15.7. The number of halogens is 3. The molecule has 0 spiro atoms. The molecule has 0 radical (unpaired) electrons. The number of carbonyl (C=O) groups is 1. The first-order valence-corrected chi connectivity index (χ1v) is 10.9. The first-order valence-electron chi connectivity index (χ1n) is 10.9. The fourth-order valence-electron chi connectivity index (χ4n) is 4.34. The molecule has 4 rings (SSSR count). The van der Waals surface area contributed by atoms with Crippen LogP contribution < -0.4 is 0 Å². The van der Waals surface area contributed by atoms with Gasteiger partial charge in [0, 0.05) is 31.4 Å². The number of likely N-dealkylation sites (tertiary alicyclic amines) is 1. The maximum absolute atomic E-state index is 13.7. The monoisotopic (exact) mass is 458 g/mol. The zero-order valence-corrected chi connectivity index (χ0v) is 18.5. The lowest BCUT2D eigenvalue weighted by Crippen LogP contribution is -2.48. The third-order valence-corrected chi connectivity index (χ3v) is 6.09. The standard InChI is InChI=1S/C23H25F3N6O/c1-15-5-6-20(32-29-9-10-30-32)18(12-15)22(33)31-11-3-4-16(2)19(31)7-8-21-27-13-17(14-28-21)23(24,25)26/h5-6,9-10,12-14,16,19H,3-4,7-8,11H2,1-2H3/t16-,19-/m1/s1. The Labute approximate surface area is 189 Å². The van der Waals surface area contributed by atoms with Gasteiger partial charge in [0.05, 0.1) is 29.2 Å². The minimum atomic E-state index is -4.46. The number of nitrogens with zero attached hydrogens (tertiary/aromatic N) is 6. The Morgan fingerprint density at radius 2 is 1.85 bits per heavy atom. The van der Waals surface area contributed by atoms with Gasteiger partial charge in [-0.05, 0) is 44.2 Å². The average Bonchev–Trinajstić information content (AvgIpc) is 3.32. The lowest BCUT2D eigenvalue weighted by molar-refractivity contribution is -0.138. The molecule has 10 heteroatoms. The summed E-state index contributed by atoms with van der Waals surface area (Å²) in [7, 11) is 0. The number of carbonyl (C=O) groups excluding carboxylic acids is 1. The van der Waals surface area contributed by atoms with Crippen LogP contribution in [0.15, 0.2) is 43.0 Å². The van der Waals surface area contributed by atoms with E-state index in [2.05, 4.69) is 27.1 Å². The molecule has 0 aliphatic carbocycles. The maximum atomic E-state index is 13.7. The fourth-order valence-corrected chi connectivity index (χ4v) is 4.34. The highest BCUT2D eigenvalue weighted by Crippen LogP contribution is 2.30. The Morgan fingerprint density at radius 1 is 1.15 bits per heavy atom. The van der Waals surface area contributed by atoms with E-state index >= 15 is 0 Å². The van der Waals surface area contributed by atoms with Gasteiger partial charge < -0.3 is 4.90 Å². The van der Waals surface area contributed by atoms with Crippen molar-refractivity contribution in [1.82, 2.24) is 29.9 Å². The molecule has 2 aromatic heterocycles. The van der Waals surface area contributed by atoms with Crippen molar-refractivity contribution in [2.24, 2.45) is 5.92 Å². The summed E-state index contributed by atoms with van der Waals surface area (Å²) in [4.78, 5) is 24.8. The second-order valence-corrected chi connectivity index (χ2v) is 8.45. The van der Waals surface area contributed by atoms with Crippen LogP contribution in [-0.2, 0) is 12.6 Å². The van der Waals surface area contributed by atoms with Gasteiger partial charge in [0.15, 0.2) is 0 Å². The van der Waals surface area contributed by atoms with E-state index in [4.69, 9.17) is 0 Å². The van der Waals surface area contributed by atoms with Crippen LogP contribution in [0.2, 0.25) is 0 Å². The molecule has 0 saturated carbocycles. The van der Waals surface area contributed by atoms with E-state index in [1.807, 2.05) is 30.0 Å². The molecular weight excluding hydrogens is 433 g/mol. The molecule has 3 aromatic rings. The highest BCUT2D eigenvalue weighted by Gasteiger charge is 2.34. The number of rotatable bonds is 5. The largest absolute Gasteiger partial charge is 0.419 e. The Bertz CT molecular complexity index is 1100. The Morgan fingerprint density at radius 3 is 2.52 bits per heavy atom. The normalized spacial score (nSPS) is 19.0. The summed E-state index contributed by atoms with van der Waals surface area (Å²) in [5.74, 6) is 0.481. The van der Waals surface area contributed by atoms with E-state index in [0.29, 0.717) is 36.5 Å². The van der Waals surface area contributed by atoms with Crippen LogP contribution in [-0.4, -0.2) is 48.4 Å². The van der Waals surface area contributed by atoms with Gasteiger partial charge in [-0.25, -0.2) is 9.97 Å². The predicted molar refractivity (Wildman–Crippen MR) is 115 cm³/mol. The number of aromatic nitrogens is 5. The van der Waals surface area contributed by atoms with Crippen molar-refractivity contribution in [3.63, 3.8) is 0 Å². The third kappa shape index (κ3) is 5.04. The molecule has 0 unspecified atom stereocenters. The zero-order valence-electron chi connectivity index (χ0n) is 18.5. The predicted octanol–water partition coefficient (Wildman–Crippen LogP) is 4.26. The van der Waals surface area contributed by atoms with Crippen molar-refractivity contribution in [2.75, 3.05) is 6.54 Å². The number of piperidine rings is 1. The molecular formula is C23H25F3N6O. The number of hydrogen-bond donors (Lipinski definition) is 0. The molecule has 1 amide bonds. The van der Waals surface area contributed by atoms with Crippen LogP contribution in [0.5, 0.6) is 0 Å². The van der Waals surface area contributed by atoms with Crippen molar-refractivity contribution in [3.8, 4) is 5.69 Å². The topological polar surface area (TPSA) is 76.8 Å². The molecule has 0 N–H and O–H groups in total. The van der Waals surface area contributed by atoms with Crippen molar-refractivity contribution in [3.05, 3.63) is 65.5 Å². The molecule has 1 aromatic carbocycles. The van der Waals surface area contributed by atoms with Gasteiger partial charge in [-0.15, -0.1) is 0 Å². The van der Waals surface area contributed by atoms with Gasteiger partial charge in [0.25, 0.3) is 5.91 Å². The second kappa shape index (κ2) is 9.29. The summed E-state index contributed by atoms with van der Waals surface area (Å²) in [5.41, 5.74) is 1.22. The van der Waals surface area contributed by atoms with E-state index in [9.17, 15) is 18.0 Å². The third-order valence-electron chi connectivity index (χ3n) is 6.09.